The second-order valence-electron chi connectivity index (χ2n) is 4.21. The van der Waals surface area contributed by atoms with Crippen LogP contribution in [0.15, 0.2) is 18.2 Å². The number of nitrogens with two attached hydrogens (primary N) is 1. The highest BCUT2D eigenvalue weighted by atomic mass is 32.1. The van der Waals surface area contributed by atoms with E-state index < -0.39 is 23.7 Å². The number of benzene rings is 1. The lowest BCUT2D eigenvalue weighted by atomic mass is 10.1. The molecule has 104 valence electrons. The Bertz CT molecular complexity index is 647. The third kappa shape index (κ3) is 2.25. The van der Waals surface area contributed by atoms with Crippen molar-refractivity contribution in [3.8, 4) is 0 Å². The van der Waals surface area contributed by atoms with Crippen LogP contribution in [0.4, 0.5) is 9.18 Å². The number of imide groups is 2. The van der Waals surface area contributed by atoms with Crippen molar-refractivity contribution in [2.24, 2.45) is 5.73 Å². The lowest BCUT2D eigenvalue weighted by Crippen LogP contribution is -2.31. The smallest absolute Gasteiger partial charge is 0.334 e. The maximum atomic E-state index is 13.8. The highest BCUT2D eigenvalue weighted by Gasteiger charge is 2.42. The minimum atomic E-state index is -0.977. The third-order valence-electron chi connectivity index (χ3n) is 2.92. The van der Waals surface area contributed by atoms with Crippen LogP contribution >= 0.6 is 12.2 Å². The van der Waals surface area contributed by atoms with Gasteiger partial charge >= 0.3 is 17.8 Å². The minimum absolute atomic E-state index is 0.0405. The molecule has 0 atom stereocenters. The molecule has 1 aliphatic rings. The van der Waals surface area contributed by atoms with Gasteiger partial charge in [-0.3, -0.25) is 19.4 Å². The fourth-order valence-electron chi connectivity index (χ4n) is 1.75. The number of hydrogen-bond donors (Lipinski definition) is 1. The molecule has 1 aromatic rings. The van der Waals surface area contributed by atoms with Crippen LogP contribution in [-0.2, 0) is 16.1 Å². The van der Waals surface area contributed by atoms with Gasteiger partial charge in [0.15, 0.2) is 0 Å². The van der Waals surface area contributed by atoms with E-state index in [9.17, 15) is 18.8 Å². The first-order valence-corrected chi connectivity index (χ1v) is 5.95. The highest BCUT2D eigenvalue weighted by molar-refractivity contribution is 7.80. The van der Waals surface area contributed by atoms with Gasteiger partial charge in [-0.1, -0.05) is 24.4 Å². The predicted octanol–water partition coefficient (Wildman–Crippen LogP) is 0.381. The zero-order valence-corrected chi connectivity index (χ0v) is 11.2. The van der Waals surface area contributed by atoms with E-state index in [1.54, 1.807) is 0 Å². The molecule has 6 nitrogen and oxygen atoms in total. The average molecular weight is 295 g/mol. The van der Waals surface area contributed by atoms with Gasteiger partial charge in [0, 0.05) is 18.2 Å². The number of thiocarbonyl (C=S) groups is 1. The molecule has 1 heterocycles. The molecule has 4 amide bonds. The lowest BCUT2D eigenvalue weighted by molar-refractivity contribution is -0.143. The largest absolute Gasteiger partial charge is 0.389 e. The maximum absolute atomic E-state index is 13.8. The van der Waals surface area contributed by atoms with Crippen LogP contribution in [0, 0.1) is 5.82 Å². The van der Waals surface area contributed by atoms with Crippen molar-refractivity contribution in [1.29, 1.82) is 0 Å². The van der Waals surface area contributed by atoms with E-state index in [1.807, 2.05) is 0 Å². The zero-order valence-electron chi connectivity index (χ0n) is 10.4. The minimum Gasteiger partial charge on any atom is -0.389 e. The Morgan fingerprint density at radius 1 is 1.30 bits per heavy atom. The summed E-state index contributed by atoms with van der Waals surface area (Å²) >= 11 is 4.72. The number of amides is 4. The standard InChI is InChI=1S/C12H10FN3O3S/c1-15-10(17)11(18)16(12(15)19)5-7-3-2-6(9(14)20)4-8(7)13/h2-4H,5H2,1H3,(H2,14,20). The Labute approximate surface area is 118 Å². The molecule has 0 saturated carbocycles. The molecule has 0 aromatic heterocycles. The molecule has 0 aliphatic carbocycles. The first-order chi connectivity index (χ1) is 9.32. The van der Waals surface area contributed by atoms with E-state index >= 15 is 0 Å². The Balaban J connectivity index is 2.27. The number of likely N-dealkylation sites (N-methyl/N-ethyl adjacent to an activating group) is 1. The Morgan fingerprint density at radius 3 is 2.40 bits per heavy atom. The molecular formula is C12H10FN3O3S. The van der Waals surface area contributed by atoms with Gasteiger partial charge in [-0.2, -0.15) is 0 Å². The van der Waals surface area contributed by atoms with Crippen LogP contribution < -0.4 is 5.73 Å². The summed E-state index contributed by atoms with van der Waals surface area (Å²) in [5.74, 6) is -2.57. The predicted molar refractivity (Wildman–Crippen MR) is 71.0 cm³/mol. The number of hydrogen-bond acceptors (Lipinski definition) is 4. The van der Waals surface area contributed by atoms with Crippen molar-refractivity contribution in [2.75, 3.05) is 7.05 Å². The molecule has 2 rings (SSSR count). The zero-order chi connectivity index (χ0) is 15.0. The quantitative estimate of drug-likeness (QED) is 0.495. The molecule has 2 N–H and O–H groups in total. The Hall–Kier alpha value is -2.35. The fraction of sp³-hybridized carbons (Fsp3) is 0.167. The topological polar surface area (TPSA) is 83.7 Å². The summed E-state index contributed by atoms with van der Waals surface area (Å²) in [6.45, 7) is -0.322. The van der Waals surface area contributed by atoms with E-state index in [0.717, 1.165) is 6.07 Å². The normalized spacial score (nSPS) is 15.2. The molecule has 1 fully saturated rings. The molecule has 0 bridgehead atoms. The van der Waals surface area contributed by atoms with Crippen molar-refractivity contribution >= 4 is 35.1 Å². The molecule has 0 unspecified atom stereocenters. The third-order valence-corrected chi connectivity index (χ3v) is 3.15. The van der Waals surface area contributed by atoms with E-state index in [-0.39, 0.29) is 17.1 Å². The molecule has 8 heteroatoms. The van der Waals surface area contributed by atoms with Gasteiger partial charge in [0.1, 0.15) is 10.8 Å². The summed E-state index contributed by atoms with van der Waals surface area (Å²) in [6, 6.07) is 3.19. The second kappa shape index (κ2) is 4.97. The van der Waals surface area contributed by atoms with Crippen LogP contribution in [0.3, 0.4) is 0 Å². The molecule has 1 saturated heterocycles. The number of carbonyl (C=O) groups is 3. The van der Waals surface area contributed by atoms with E-state index in [4.69, 9.17) is 18.0 Å². The number of nitrogens with zero attached hydrogens (tertiary/aromatic N) is 2. The molecule has 0 radical (unpaired) electrons. The summed E-state index contributed by atoms with van der Waals surface area (Å²) in [5.41, 5.74) is 5.81. The van der Waals surface area contributed by atoms with Crippen LogP contribution in [0.5, 0.6) is 0 Å². The number of carbonyl (C=O) groups excluding carboxylic acids is 3. The Kier molecular flexibility index (Phi) is 3.49. The number of rotatable bonds is 3. The van der Waals surface area contributed by atoms with Gasteiger partial charge in [-0.25, -0.2) is 9.18 Å². The highest BCUT2D eigenvalue weighted by Crippen LogP contribution is 2.17. The molecule has 1 aliphatic heterocycles. The summed E-state index contributed by atoms with van der Waals surface area (Å²) < 4.78 is 13.8. The monoisotopic (exact) mass is 295 g/mol. The van der Waals surface area contributed by atoms with Gasteiger partial charge in [0.2, 0.25) is 0 Å². The van der Waals surface area contributed by atoms with Gasteiger partial charge < -0.3 is 5.73 Å². The first-order valence-electron chi connectivity index (χ1n) is 5.54. The van der Waals surface area contributed by atoms with Gasteiger partial charge in [-0.05, 0) is 6.07 Å². The van der Waals surface area contributed by atoms with Crippen LogP contribution in [-0.4, -0.2) is 39.7 Å². The molecule has 1 aromatic carbocycles. The fourth-order valence-corrected chi connectivity index (χ4v) is 1.88. The number of urea groups is 1. The molecule has 20 heavy (non-hydrogen) atoms. The van der Waals surface area contributed by atoms with Crippen LogP contribution in [0.2, 0.25) is 0 Å². The van der Waals surface area contributed by atoms with Crippen molar-refractivity contribution in [3.05, 3.63) is 35.1 Å². The van der Waals surface area contributed by atoms with Gasteiger partial charge in [0.25, 0.3) is 0 Å². The van der Waals surface area contributed by atoms with Crippen molar-refractivity contribution in [2.45, 2.75) is 6.54 Å². The van der Waals surface area contributed by atoms with E-state index in [2.05, 4.69) is 0 Å². The van der Waals surface area contributed by atoms with Gasteiger partial charge in [0.05, 0.1) is 6.54 Å². The first kappa shape index (κ1) is 14.1. The second-order valence-corrected chi connectivity index (χ2v) is 4.65. The summed E-state index contributed by atoms with van der Waals surface area (Å²) in [4.78, 5) is 36.0. The van der Waals surface area contributed by atoms with Crippen molar-refractivity contribution < 1.29 is 18.8 Å². The SMILES string of the molecule is CN1C(=O)C(=O)N(Cc2ccc(C(N)=S)cc2F)C1=O. The van der Waals surface area contributed by atoms with Crippen molar-refractivity contribution in [3.63, 3.8) is 0 Å². The maximum Gasteiger partial charge on any atom is 0.334 e. The van der Waals surface area contributed by atoms with Crippen LogP contribution in [0.1, 0.15) is 11.1 Å². The number of halogens is 1. The lowest BCUT2D eigenvalue weighted by Gasteiger charge is -2.13. The summed E-state index contributed by atoms with van der Waals surface area (Å²) in [6.07, 6.45) is 0. The Morgan fingerprint density at radius 2 is 1.95 bits per heavy atom. The summed E-state index contributed by atoms with van der Waals surface area (Å²) in [7, 11) is 1.19. The molecular weight excluding hydrogens is 285 g/mol. The molecule has 0 spiro atoms. The van der Waals surface area contributed by atoms with Crippen LogP contribution in [0.25, 0.3) is 0 Å². The average Bonchev–Trinajstić information content (AvgIpc) is 2.58. The summed E-state index contributed by atoms with van der Waals surface area (Å²) in [5, 5.41) is 0. The van der Waals surface area contributed by atoms with Gasteiger partial charge in [-0.15, -0.1) is 0 Å². The van der Waals surface area contributed by atoms with Crippen molar-refractivity contribution in [1.82, 2.24) is 9.80 Å². The van der Waals surface area contributed by atoms with E-state index in [1.165, 1.54) is 19.2 Å². The van der Waals surface area contributed by atoms with E-state index in [0.29, 0.717) is 15.4 Å².